The van der Waals surface area contributed by atoms with Crippen LogP contribution >= 0.6 is 0 Å². The second kappa shape index (κ2) is 7.28. The molecule has 3 rings (SSSR count). The Morgan fingerprint density at radius 3 is 2.61 bits per heavy atom. The molecular formula is C17H23N5O. The first-order valence-corrected chi connectivity index (χ1v) is 8.02. The summed E-state index contributed by atoms with van der Waals surface area (Å²) in [6, 6.07) is 12.4. The van der Waals surface area contributed by atoms with Crippen molar-refractivity contribution in [1.82, 2.24) is 20.0 Å². The largest absolute Gasteiger partial charge is 0.335 e. The molecule has 0 atom stereocenters. The number of hydrogen-bond donors (Lipinski definition) is 2. The van der Waals surface area contributed by atoms with Crippen LogP contribution in [0.15, 0.2) is 42.6 Å². The number of hydrogen-bond acceptors (Lipinski definition) is 3. The van der Waals surface area contributed by atoms with Crippen LogP contribution in [-0.4, -0.2) is 39.8 Å². The predicted molar refractivity (Wildman–Crippen MR) is 90.1 cm³/mol. The molecule has 0 aliphatic carbocycles. The molecule has 2 aromatic rings. The summed E-state index contributed by atoms with van der Waals surface area (Å²) in [6.07, 6.45) is 3.62. The smallest absolute Gasteiger partial charge is 0.320 e. The van der Waals surface area contributed by atoms with Crippen molar-refractivity contribution in [2.75, 3.05) is 18.4 Å². The van der Waals surface area contributed by atoms with Gasteiger partial charge in [-0.2, -0.15) is 5.10 Å². The van der Waals surface area contributed by atoms with Gasteiger partial charge in [-0.15, -0.1) is 0 Å². The van der Waals surface area contributed by atoms with E-state index < -0.39 is 0 Å². The molecule has 1 aromatic heterocycles. The van der Waals surface area contributed by atoms with Crippen LogP contribution in [-0.2, 0) is 13.6 Å². The summed E-state index contributed by atoms with van der Waals surface area (Å²) in [4.78, 5) is 14.5. The number of anilines is 1. The summed E-state index contributed by atoms with van der Waals surface area (Å²) in [5.74, 6) is 0.698. The minimum Gasteiger partial charge on any atom is -0.335 e. The maximum atomic E-state index is 12.0. The number of benzene rings is 1. The molecule has 2 N–H and O–H groups in total. The number of urea groups is 1. The van der Waals surface area contributed by atoms with Crippen LogP contribution in [0.2, 0.25) is 0 Å². The maximum Gasteiger partial charge on any atom is 0.320 e. The lowest BCUT2D eigenvalue weighted by molar-refractivity contribution is 0.190. The summed E-state index contributed by atoms with van der Waals surface area (Å²) in [5.41, 5.74) is 1.34. The molecule has 1 aliphatic rings. The number of nitrogens with one attached hydrogen (secondary N) is 2. The topological polar surface area (TPSA) is 62.2 Å². The van der Waals surface area contributed by atoms with Crippen molar-refractivity contribution in [3.63, 3.8) is 0 Å². The summed E-state index contributed by atoms with van der Waals surface area (Å²) in [7, 11) is 1.80. The van der Waals surface area contributed by atoms with Gasteiger partial charge in [0, 0.05) is 38.8 Å². The fraction of sp³-hybridized carbons (Fsp3) is 0.412. The van der Waals surface area contributed by atoms with Crippen LogP contribution in [0.3, 0.4) is 0 Å². The summed E-state index contributed by atoms with van der Waals surface area (Å²) in [5, 5.41) is 9.91. The third kappa shape index (κ3) is 4.32. The molecule has 6 nitrogen and oxygen atoms in total. The first-order chi connectivity index (χ1) is 11.2. The van der Waals surface area contributed by atoms with E-state index in [9.17, 15) is 4.79 Å². The Morgan fingerprint density at radius 2 is 1.96 bits per heavy atom. The van der Waals surface area contributed by atoms with Gasteiger partial charge in [0.25, 0.3) is 0 Å². The van der Waals surface area contributed by atoms with Gasteiger partial charge in [-0.05, 0) is 18.4 Å². The van der Waals surface area contributed by atoms with Gasteiger partial charge in [0.1, 0.15) is 5.82 Å². The Morgan fingerprint density at radius 1 is 1.22 bits per heavy atom. The highest BCUT2D eigenvalue weighted by Crippen LogP contribution is 2.14. The number of aromatic nitrogens is 2. The molecule has 0 bridgehead atoms. The first-order valence-electron chi connectivity index (χ1n) is 8.02. The third-order valence-corrected chi connectivity index (χ3v) is 4.23. The zero-order valence-corrected chi connectivity index (χ0v) is 13.4. The molecule has 0 unspecified atom stereocenters. The van der Waals surface area contributed by atoms with Gasteiger partial charge < -0.3 is 5.32 Å². The van der Waals surface area contributed by atoms with Gasteiger partial charge in [0.15, 0.2) is 0 Å². The number of carbonyl (C=O) groups is 1. The number of rotatable bonds is 4. The third-order valence-electron chi connectivity index (χ3n) is 4.23. The molecule has 2 heterocycles. The molecule has 1 aliphatic heterocycles. The van der Waals surface area contributed by atoms with Crippen LogP contribution in [0.1, 0.15) is 18.4 Å². The van der Waals surface area contributed by atoms with Crippen molar-refractivity contribution in [3.05, 3.63) is 48.2 Å². The van der Waals surface area contributed by atoms with Crippen LogP contribution in [0.5, 0.6) is 0 Å². The van der Waals surface area contributed by atoms with E-state index in [4.69, 9.17) is 0 Å². The fourth-order valence-corrected chi connectivity index (χ4v) is 2.91. The summed E-state index contributed by atoms with van der Waals surface area (Å²) >= 11 is 0. The van der Waals surface area contributed by atoms with Crippen molar-refractivity contribution >= 4 is 11.8 Å². The number of carbonyl (C=O) groups excluding carboxylic acids is 1. The Labute approximate surface area is 136 Å². The maximum absolute atomic E-state index is 12.0. The van der Waals surface area contributed by atoms with Crippen LogP contribution in [0.4, 0.5) is 10.6 Å². The lowest BCUT2D eigenvalue weighted by atomic mass is 10.0. The minimum atomic E-state index is -0.157. The average molecular weight is 313 g/mol. The van der Waals surface area contributed by atoms with E-state index in [1.54, 1.807) is 24.0 Å². The molecule has 122 valence electrons. The van der Waals surface area contributed by atoms with Crippen molar-refractivity contribution in [2.45, 2.75) is 25.4 Å². The van der Waals surface area contributed by atoms with Crippen molar-refractivity contribution in [3.8, 4) is 0 Å². The number of nitrogens with zero attached hydrogens (tertiary/aromatic N) is 3. The van der Waals surface area contributed by atoms with Gasteiger partial charge in [-0.3, -0.25) is 14.9 Å². The normalized spacial score (nSPS) is 16.2. The second-order valence-electron chi connectivity index (χ2n) is 5.97. The van der Waals surface area contributed by atoms with Gasteiger partial charge >= 0.3 is 6.03 Å². The average Bonchev–Trinajstić information content (AvgIpc) is 2.95. The molecule has 0 spiro atoms. The van der Waals surface area contributed by atoms with Gasteiger partial charge in [0.2, 0.25) is 0 Å². The standard InChI is InChI=1S/C17H23N5O/c1-21-16(7-10-18-21)20-17(23)19-15-8-11-22(12-9-15)13-14-5-3-2-4-6-14/h2-7,10,15H,8-9,11-13H2,1H3,(H2,19,20,23). The highest BCUT2D eigenvalue weighted by atomic mass is 16.2. The van der Waals surface area contributed by atoms with Gasteiger partial charge in [-0.25, -0.2) is 4.79 Å². The van der Waals surface area contributed by atoms with Crippen LogP contribution in [0, 0.1) is 0 Å². The van der Waals surface area contributed by atoms with Gasteiger partial charge in [-0.1, -0.05) is 30.3 Å². The molecule has 23 heavy (non-hydrogen) atoms. The molecule has 1 saturated heterocycles. The van der Waals surface area contributed by atoms with Crippen LogP contribution in [0.25, 0.3) is 0 Å². The Kier molecular flexibility index (Phi) is 4.92. The van der Waals surface area contributed by atoms with E-state index in [0.29, 0.717) is 5.82 Å². The molecule has 1 aromatic carbocycles. The minimum absolute atomic E-state index is 0.157. The highest BCUT2D eigenvalue weighted by Gasteiger charge is 2.20. The number of likely N-dealkylation sites (tertiary alicyclic amines) is 1. The van der Waals surface area contributed by atoms with Crippen molar-refractivity contribution < 1.29 is 4.79 Å². The molecule has 1 fully saturated rings. The summed E-state index contributed by atoms with van der Waals surface area (Å²) < 4.78 is 1.64. The number of aryl methyl sites for hydroxylation is 1. The molecule has 6 heteroatoms. The zero-order valence-electron chi connectivity index (χ0n) is 13.4. The van der Waals surface area contributed by atoms with E-state index in [0.717, 1.165) is 32.5 Å². The Bertz CT molecular complexity index is 631. The van der Waals surface area contributed by atoms with Crippen molar-refractivity contribution in [2.24, 2.45) is 7.05 Å². The van der Waals surface area contributed by atoms with Crippen LogP contribution < -0.4 is 10.6 Å². The second-order valence-corrected chi connectivity index (χ2v) is 5.97. The molecule has 0 saturated carbocycles. The lowest BCUT2D eigenvalue weighted by Crippen LogP contribution is -2.45. The van der Waals surface area contributed by atoms with E-state index in [2.05, 4.69) is 44.9 Å². The first kappa shape index (κ1) is 15.6. The molecule has 2 amide bonds. The van der Waals surface area contributed by atoms with Gasteiger partial charge in [0.05, 0.1) is 6.20 Å². The van der Waals surface area contributed by atoms with E-state index in [1.165, 1.54) is 5.56 Å². The van der Waals surface area contributed by atoms with E-state index in [1.807, 2.05) is 6.07 Å². The SMILES string of the molecule is Cn1nccc1NC(=O)NC1CCN(Cc2ccccc2)CC1. The number of piperidine rings is 1. The monoisotopic (exact) mass is 313 g/mol. The number of amides is 2. The molecular weight excluding hydrogens is 290 g/mol. The predicted octanol–water partition coefficient (Wildman–Crippen LogP) is 2.21. The van der Waals surface area contributed by atoms with E-state index >= 15 is 0 Å². The highest BCUT2D eigenvalue weighted by molar-refractivity contribution is 5.88. The quantitative estimate of drug-likeness (QED) is 0.909. The zero-order chi connectivity index (χ0) is 16.1. The summed E-state index contributed by atoms with van der Waals surface area (Å²) in [6.45, 7) is 2.99. The Hall–Kier alpha value is -2.34. The van der Waals surface area contributed by atoms with Crippen molar-refractivity contribution in [1.29, 1.82) is 0 Å². The lowest BCUT2D eigenvalue weighted by Gasteiger charge is -2.32. The van der Waals surface area contributed by atoms with E-state index in [-0.39, 0.29) is 12.1 Å². The Balaban J connectivity index is 1.42. The molecule has 0 radical (unpaired) electrons. The fourth-order valence-electron chi connectivity index (χ4n) is 2.91.